The molecule has 2 aromatic rings. The summed E-state index contributed by atoms with van der Waals surface area (Å²) in [6.45, 7) is 6.73. The van der Waals surface area contributed by atoms with E-state index in [1.165, 1.54) is 6.20 Å². The summed E-state index contributed by atoms with van der Waals surface area (Å²) < 4.78 is 13.9. The molecule has 3 nitrogen and oxygen atoms in total. The Morgan fingerprint density at radius 2 is 2.11 bits per heavy atom. The minimum absolute atomic E-state index is 0.242. The van der Waals surface area contributed by atoms with Crippen molar-refractivity contribution in [1.82, 2.24) is 15.3 Å². The minimum atomic E-state index is -0.310. The third kappa shape index (κ3) is 2.96. The standard InChI is InChI=1S/C15H18FN3/c1-4-18-15(12-5-6-17-9-13(12)16)14-11(3)7-10(2)8-19-14/h5-9,15,18H,4H2,1-3H3. The van der Waals surface area contributed by atoms with E-state index in [9.17, 15) is 4.39 Å². The highest BCUT2D eigenvalue weighted by Crippen LogP contribution is 2.25. The van der Waals surface area contributed by atoms with Gasteiger partial charge in [0.05, 0.1) is 17.9 Å². The molecule has 2 heterocycles. The number of aromatic nitrogens is 2. The highest BCUT2D eigenvalue weighted by Gasteiger charge is 2.19. The van der Waals surface area contributed by atoms with Crippen LogP contribution in [0.5, 0.6) is 0 Å². The smallest absolute Gasteiger partial charge is 0.146 e. The summed E-state index contributed by atoms with van der Waals surface area (Å²) in [7, 11) is 0. The molecule has 0 spiro atoms. The van der Waals surface area contributed by atoms with E-state index in [0.29, 0.717) is 5.56 Å². The predicted octanol–water partition coefficient (Wildman–Crippen LogP) is 2.93. The van der Waals surface area contributed by atoms with Crippen molar-refractivity contribution >= 4 is 0 Å². The molecule has 2 rings (SSSR count). The van der Waals surface area contributed by atoms with Crippen LogP contribution >= 0.6 is 0 Å². The molecule has 0 bridgehead atoms. The molecule has 0 saturated carbocycles. The minimum Gasteiger partial charge on any atom is -0.305 e. The van der Waals surface area contributed by atoms with Gasteiger partial charge in [-0.3, -0.25) is 9.97 Å². The molecule has 0 amide bonds. The summed E-state index contributed by atoms with van der Waals surface area (Å²) in [4.78, 5) is 8.26. The van der Waals surface area contributed by atoms with Gasteiger partial charge in [0, 0.05) is 18.0 Å². The lowest BCUT2D eigenvalue weighted by atomic mass is 9.99. The van der Waals surface area contributed by atoms with E-state index >= 15 is 0 Å². The Morgan fingerprint density at radius 1 is 1.32 bits per heavy atom. The Balaban J connectivity index is 2.48. The number of aryl methyl sites for hydroxylation is 2. The molecule has 4 heteroatoms. The van der Waals surface area contributed by atoms with Gasteiger partial charge in [0.25, 0.3) is 0 Å². The fourth-order valence-electron chi connectivity index (χ4n) is 2.21. The topological polar surface area (TPSA) is 37.8 Å². The van der Waals surface area contributed by atoms with Crippen LogP contribution in [0, 0.1) is 19.7 Å². The predicted molar refractivity (Wildman–Crippen MR) is 73.4 cm³/mol. The van der Waals surface area contributed by atoms with E-state index in [0.717, 1.165) is 23.4 Å². The largest absolute Gasteiger partial charge is 0.305 e. The van der Waals surface area contributed by atoms with Gasteiger partial charge in [-0.2, -0.15) is 0 Å². The van der Waals surface area contributed by atoms with E-state index in [1.54, 1.807) is 12.3 Å². The Hall–Kier alpha value is -1.81. The third-order valence-corrected chi connectivity index (χ3v) is 3.05. The molecule has 100 valence electrons. The van der Waals surface area contributed by atoms with Crippen molar-refractivity contribution in [2.45, 2.75) is 26.8 Å². The molecule has 0 aliphatic heterocycles. The second kappa shape index (κ2) is 5.89. The van der Waals surface area contributed by atoms with Gasteiger partial charge >= 0.3 is 0 Å². The quantitative estimate of drug-likeness (QED) is 0.917. The number of rotatable bonds is 4. The van der Waals surface area contributed by atoms with Gasteiger partial charge < -0.3 is 5.32 Å². The first-order chi connectivity index (χ1) is 9.13. The number of pyridine rings is 2. The number of nitrogens with one attached hydrogen (secondary N) is 1. The fraction of sp³-hybridized carbons (Fsp3) is 0.333. The number of nitrogens with zero attached hydrogens (tertiary/aromatic N) is 2. The van der Waals surface area contributed by atoms with E-state index in [-0.39, 0.29) is 11.9 Å². The molecular weight excluding hydrogens is 241 g/mol. The van der Waals surface area contributed by atoms with Crippen LogP contribution in [0.4, 0.5) is 4.39 Å². The van der Waals surface area contributed by atoms with Crippen LogP contribution in [-0.4, -0.2) is 16.5 Å². The van der Waals surface area contributed by atoms with Gasteiger partial charge in [-0.25, -0.2) is 4.39 Å². The molecule has 1 N–H and O–H groups in total. The third-order valence-electron chi connectivity index (χ3n) is 3.05. The van der Waals surface area contributed by atoms with E-state index < -0.39 is 0 Å². The van der Waals surface area contributed by atoms with Crippen molar-refractivity contribution in [1.29, 1.82) is 0 Å². The van der Waals surface area contributed by atoms with Gasteiger partial charge in [0.2, 0.25) is 0 Å². The molecule has 0 aliphatic rings. The molecule has 0 aromatic carbocycles. The van der Waals surface area contributed by atoms with Crippen LogP contribution in [0.2, 0.25) is 0 Å². The summed E-state index contributed by atoms with van der Waals surface area (Å²) in [5.74, 6) is -0.310. The molecular formula is C15H18FN3. The van der Waals surface area contributed by atoms with Crippen LogP contribution in [0.15, 0.2) is 30.7 Å². The molecule has 0 aliphatic carbocycles. The van der Waals surface area contributed by atoms with Crippen molar-refractivity contribution in [3.05, 3.63) is 58.9 Å². The summed E-state index contributed by atoms with van der Waals surface area (Å²) in [5.41, 5.74) is 3.60. The molecule has 0 saturated heterocycles. The molecule has 19 heavy (non-hydrogen) atoms. The summed E-state index contributed by atoms with van der Waals surface area (Å²) in [6, 6.07) is 3.52. The van der Waals surface area contributed by atoms with Gasteiger partial charge in [0.15, 0.2) is 0 Å². The van der Waals surface area contributed by atoms with Crippen molar-refractivity contribution in [2.24, 2.45) is 0 Å². The second-order valence-corrected chi connectivity index (χ2v) is 4.60. The van der Waals surface area contributed by atoms with Crippen molar-refractivity contribution in [3.8, 4) is 0 Å². The fourth-order valence-corrected chi connectivity index (χ4v) is 2.21. The van der Waals surface area contributed by atoms with Crippen LogP contribution in [0.1, 0.15) is 35.3 Å². The lowest BCUT2D eigenvalue weighted by Gasteiger charge is -2.20. The zero-order valence-electron chi connectivity index (χ0n) is 11.4. The van der Waals surface area contributed by atoms with E-state index in [1.807, 2.05) is 27.0 Å². The van der Waals surface area contributed by atoms with Crippen LogP contribution in [-0.2, 0) is 0 Å². The Kier molecular flexibility index (Phi) is 4.22. The first-order valence-corrected chi connectivity index (χ1v) is 6.39. The van der Waals surface area contributed by atoms with Crippen LogP contribution in [0.3, 0.4) is 0 Å². The lowest BCUT2D eigenvalue weighted by molar-refractivity contribution is 0.546. The SMILES string of the molecule is CCNC(c1ccncc1F)c1ncc(C)cc1C. The summed E-state index contributed by atoms with van der Waals surface area (Å²) >= 11 is 0. The first-order valence-electron chi connectivity index (χ1n) is 6.39. The van der Waals surface area contributed by atoms with Crippen LogP contribution in [0.25, 0.3) is 0 Å². The van der Waals surface area contributed by atoms with Crippen molar-refractivity contribution < 1.29 is 4.39 Å². The van der Waals surface area contributed by atoms with Crippen LogP contribution < -0.4 is 5.32 Å². The highest BCUT2D eigenvalue weighted by atomic mass is 19.1. The molecule has 0 fully saturated rings. The molecule has 2 aromatic heterocycles. The maximum Gasteiger partial charge on any atom is 0.146 e. The molecule has 1 atom stereocenters. The molecule has 1 unspecified atom stereocenters. The van der Waals surface area contributed by atoms with Crippen molar-refractivity contribution in [3.63, 3.8) is 0 Å². The van der Waals surface area contributed by atoms with Crippen molar-refractivity contribution in [2.75, 3.05) is 6.54 Å². The van der Waals surface area contributed by atoms with Gasteiger partial charge in [0.1, 0.15) is 5.82 Å². The highest BCUT2D eigenvalue weighted by molar-refractivity contribution is 5.33. The zero-order valence-corrected chi connectivity index (χ0v) is 11.4. The normalized spacial score (nSPS) is 12.4. The van der Waals surface area contributed by atoms with Gasteiger partial charge in [-0.15, -0.1) is 0 Å². The van der Waals surface area contributed by atoms with Gasteiger partial charge in [-0.05, 0) is 37.6 Å². The average molecular weight is 259 g/mol. The number of hydrogen-bond donors (Lipinski definition) is 1. The monoisotopic (exact) mass is 259 g/mol. The number of halogens is 1. The zero-order chi connectivity index (χ0) is 13.8. The van der Waals surface area contributed by atoms with E-state index in [4.69, 9.17) is 0 Å². The first kappa shape index (κ1) is 13.6. The lowest BCUT2D eigenvalue weighted by Crippen LogP contribution is -2.25. The summed E-state index contributed by atoms with van der Waals surface area (Å²) in [6.07, 6.45) is 4.65. The maximum atomic E-state index is 13.9. The average Bonchev–Trinajstić information content (AvgIpc) is 2.38. The summed E-state index contributed by atoms with van der Waals surface area (Å²) in [5, 5.41) is 3.29. The Bertz CT molecular complexity index is 569. The van der Waals surface area contributed by atoms with Gasteiger partial charge in [-0.1, -0.05) is 13.0 Å². The second-order valence-electron chi connectivity index (χ2n) is 4.60. The Labute approximate surface area is 112 Å². The van der Waals surface area contributed by atoms with E-state index in [2.05, 4.69) is 21.4 Å². The Morgan fingerprint density at radius 3 is 2.74 bits per heavy atom. The maximum absolute atomic E-state index is 13.9. The molecule has 0 radical (unpaired) electrons. The number of hydrogen-bond acceptors (Lipinski definition) is 3.